The number of amides is 1. The van der Waals surface area contributed by atoms with Gasteiger partial charge in [-0.15, -0.1) is 10.2 Å². The SMILES string of the molecule is CO[C@H]1C[C@H](c2nnc(C)o2)N(C(=O)c2cc3ccc(Cl)cc3[nH]2)C1. The van der Waals surface area contributed by atoms with E-state index in [1.165, 1.54) is 0 Å². The van der Waals surface area contributed by atoms with E-state index in [0.29, 0.717) is 35.5 Å². The molecule has 130 valence electrons. The van der Waals surface area contributed by atoms with Crippen LogP contribution in [0.4, 0.5) is 0 Å². The molecule has 0 spiro atoms. The molecule has 0 bridgehead atoms. The zero-order valence-corrected chi connectivity index (χ0v) is 14.6. The van der Waals surface area contributed by atoms with Crippen LogP contribution in [-0.4, -0.2) is 45.7 Å². The van der Waals surface area contributed by atoms with Gasteiger partial charge in [0.25, 0.3) is 5.91 Å². The Bertz CT molecular complexity index is 935. The van der Waals surface area contributed by atoms with Crippen molar-refractivity contribution in [3.05, 3.63) is 46.8 Å². The molecule has 1 aliphatic rings. The van der Waals surface area contributed by atoms with Crippen LogP contribution in [0.2, 0.25) is 5.02 Å². The van der Waals surface area contributed by atoms with E-state index in [1.807, 2.05) is 12.1 Å². The summed E-state index contributed by atoms with van der Waals surface area (Å²) < 4.78 is 11.0. The predicted molar refractivity (Wildman–Crippen MR) is 91.5 cm³/mol. The number of aryl methyl sites for hydroxylation is 1. The number of carbonyl (C=O) groups is 1. The summed E-state index contributed by atoms with van der Waals surface area (Å²) in [6.07, 6.45) is 0.551. The average molecular weight is 361 g/mol. The molecule has 1 N–H and O–H groups in total. The molecule has 1 amide bonds. The largest absolute Gasteiger partial charge is 0.423 e. The number of benzene rings is 1. The Morgan fingerprint density at radius 1 is 1.40 bits per heavy atom. The maximum absolute atomic E-state index is 13.1. The second-order valence-electron chi connectivity index (χ2n) is 6.14. The summed E-state index contributed by atoms with van der Waals surface area (Å²) in [5.41, 5.74) is 1.32. The van der Waals surface area contributed by atoms with Crippen LogP contribution in [0.15, 0.2) is 28.7 Å². The molecule has 1 aliphatic heterocycles. The topological polar surface area (TPSA) is 84.2 Å². The minimum absolute atomic E-state index is 0.0695. The summed E-state index contributed by atoms with van der Waals surface area (Å²) in [6, 6.07) is 7.01. The Balaban J connectivity index is 1.68. The number of likely N-dealkylation sites (tertiary alicyclic amines) is 1. The maximum atomic E-state index is 13.1. The number of rotatable bonds is 3. The minimum atomic E-state index is -0.298. The fourth-order valence-electron chi connectivity index (χ4n) is 3.24. The lowest BCUT2D eigenvalue weighted by Gasteiger charge is -2.21. The highest BCUT2D eigenvalue weighted by Gasteiger charge is 2.40. The van der Waals surface area contributed by atoms with Crippen molar-refractivity contribution in [2.45, 2.75) is 25.5 Å². The molecule has 0 radical (unpaired) electrons. The van der Waals surface area contributed by atoms with Crippen LogP contribution in [0.25, 0.3) is 10.9 Å². The Morgan fingerprint density at radius 2 is 2.24 bits per heavy atom. The van der Waals surface area contributed by atoms with Gasteiger partial charge in [0.2, 0.25) is 11.8 Å². The minimum Gasteiger partial charge on any atom is -0.423 e. The van der Waals surface area contributed by atoms with Crippen molar-refractivity contribution in [2.24, 2.45) is 0 Å². The van der Waals surface area contributed by atoms with Crippen LogP contribution in [0.1, 0.15) is 34.7 Å². The molecule has 0 saturated carbocycles. The third-order valence-electron chi connectivity index (χ3n) is 4.50. The number of aromatic amines is 1. The van der Waals surface area contributed by atoms with Crippen molar-refractivity contribution in [1.82, 2.24) is 20.1 Å². The van der Waals surface area contributed by atoms with Gasteiger partial charge in [-0.1, -0.05) is 17.7 Å². The van der Waals surface area contributed by atoms with E-state index in [-0.39, 0.29) is 18.1 Å². The van der Waals surface area contributed by atoms with Crippen LogP contribution in [0.3, 0.4) is 0 Å². The number of H-pyrrole nitrogens is 1. The number of hydrogen-bond acceptors (Lipinski definition) is 5. The normalized spacial score (nSPS) is 20.5. The maximum Gasteiger partial charge on any atom is 0.271 e. The Morgan fingerprint density at radius 3 is 2.96 bits per heavy atom. The zero-order valence-electron chi connectivity index (χ0n) is 13.8. The van der Waals surface area contributed by atoms with E-state index in [4.69, 9.17) is 20.8 Å². The number of ether oxygens (including phenoxy) is 1. The molecule has 1 fully saturated rings. The lowest BCUT2D eigenvalue weighted by Crippen LogP contribution is -2.32. The number of nitrogens with zero attached hydrogens (tertiary/aromatic N) is 3. The Labute approximate surface area is 148 Å². The fourth-order valence-corrected chi connectivity index (χ4v) is 3.41. The molecule has 0 aliphatic carbocycles. The van der Waals surface area contributed by atoms with E-state index in [2.05, 4.69) is 15.2 Å². The van der Waals surface area contributed by atoms with E-state index in [0.717, 1.165) is 10.9 Å². The number of methoxy groups -OCH3 is 1. The van der Waals surface area contributed by atoms with Crippen LogP contribution in [0, 0.1) is 6.92 Å². The molecule has 1 saturated heterocycles. The number of halogens is 1. The first-order valence-electron chi connectivity index (χ1n) is 7.97. The van der Waals surface area contributed by atoms with E-state index < -0.39 is 0 Å². The number of fused-ring (bicyclic) bond motifs is 1. The molecule has 3 aromatic rings. The van der Waals surface area contributed by atoms with Crippen LogP contribution >= 0.6 is 11.6 Å². The summed E-state index contributed by atoms with van der Waals surface area (Å²) in [6.45, 7) is 2.20. The van der Waals surface area contributed by atoms with Gasteiger partial charge in [0.1, 0.15) is 11.7 Å². The van der Waals surface area contributed by atoms with E-state index >= 15 is 0 Å². The molecular weight excluding hydrogens is 344 g/mol. The van der Waals surface area contributed by atoms with Crippen molar-refractivity contribution in [3.63, 3.8) is 0 Å². The molecule has 25 heavy (non-hydrogen) atoms. The van der Waals surface area contributed by atoms with Crippen LogP contribution < -0.4 is 0 Å². The summed E-state index contributed by atoms with van der Waals surface area (Å²) in [4.78, 5) is 17.9. The van der Waals surface area contributed by atoms with E-state index in [9.17, 15) is 4.79 Å². The monoisotopic (exact) mass is 360 g/mol. The summed E-state index contributed by atoms with van der Waals surface area (Å²) in [7, 11) is 1.64. The number of hydrogen-bond donors (Lipinski definition) is 1. The van der Waals surface area contributed by atoms with Gasteiger partial charge in [-0.05, 0) is 18.2 Å². The van der Waals surface area contributed by atoms with Gasteiger partial charge in [-0.2, -0.15) is 0 Å². The quantitative estimate of drug-likeness (QED) is 0.775. The summed E-state index contributed by atoms with van der Waals surface area (Å²) in [5, 5.41) is 9.51. The first kappa shape index (κ1) is 16.1. The molecule has 4 rings (SSSR count). The second-order valence-corrected chi connectivity index (χ2v) is 6.58. The number of carbonyl (C=O) groups excluding carboxylic acids is 1. The van der Waals surface area contributed by atoms with Gasteiger partial charge < -0.3 is 19.0 Å². The van der Waals surface area contributed by atoms with Gasteiger partial charge in [0, 0.05) is 42.9 Å². The fraction of sp³-hybridized carbons (Fsp3) is 0.353. The third kappa shape index (κ3) is 2.89. The number of aromatic nitrogens is 3. The van der Waals surface area contributed by atoms with Gasteiger partial charge in [0.15, 0.2) is 0 Å². The number of nitrogens with one attached hydrogen (secondary N) is 1. The van der Waals surface area contributed by atoms with Crippen LogP contribution in [-0.2, 0) is 4.74 Å². The summed E-state index contributed by atoms with van der Waals surface area (Å²) >= 11 is 6.02. The van der Waals surface area contributed by atoms with Crippen LogP contribution in [0.5, 0.6) is 0 Å². The van der Waals surface area contributed by atoms with Crippen molar-refractivity contribution >= 4 is 28.4 Å². The molecule has 2 aromatic heterocycles. The van der Waals surface area contributed by atoms with Crippen molar-refractivity contribution < 1.29 is 13.9 Å². The van der Waals surface area contributed by atoms with Crippen molar-refractivity contribution in [3.8, 4) is 0 Å². The Kier molecular flexibility index (Phi) is 3.97. The van der Waals surface area contributed by atoms with E-state index in [1.54, 1.807) is 31.1 Å². The average Bonchev–Trinajstić information content (AvgIpc) is 3.30. The summed E-state index contributed by atoms with van der Waals surface area (Å²) in [5.74, 6) is 0.779. The first-order valence-corrected chi connectivity index (χ1v) is 8.35. The molecule has 8 heteroatoms. The molecule has 2 atom stereocenters. The third-order valence-corrected chi connectivity index (χ3v) is 4.73. The van der Waals surface area contributed by atoms with Crippen molar-refractivity contribution in [1.29, 1.82) is 0 Å². The van der Waals surface area contributed by atoms with Gasteiger partial charge in [-0.3, -0.25) is 4.79 Å². The molecule has 0 unspecified atom stereocenters. The predicted octanol–water partition coefficient (Wildman–Crippen LogP) is 3.11. The molecule has 1 aromatic carbocycles. The standard InChI is InChI=1S/C17H17ClN4O3/c1-9-20-21-16(25-9)15-7-12(24-2)8-22(15)17(23)14-5-10-3-4-11(18)6-13(10)19-14/h3-6,12,15,19H,7-8H2,1-2H3/t12-,15+/m0/s1. The highest BCUT2D eigenvalue weighted by Crippen LogP contribution is 2.34. The van der Waals surface area contributed by atoms with Gasteiger partial charge in [-0.25, -0.2) is 0 Å². The van der Waals surface area contributed by atoms with Gasteiger partial charge >= 0.3 is 0 Å². The Hall–Kier alpha value is -2.38. The smallest absolute Gasteiger partial charge is 0.271 e. The lowest BCUT2D eigenvalue weighted by atomic mass is 10.2. The highest BCUT2D eigenvalue weighted by atomic mass is 35.5. The molecule has 3 heterocycles. The second kappa shape index (κ2) is 6.16. The molecular formula is C17H17ClN4O3. The zero-order chi connectivity index (χ0) is 17.6. The molecule has 7 nitrogen and oxygen atoms in total. The van der Waals surface area contributed by atoms with Gasteiger partial charge in [0.05, 0.1) is 6.10 Å². The first-order chi connectivity index (χ1) is 12.0. The lowest BCUT2D eigenvalue weighted by molar-refractivity contribution is 0.0669. The van der Waals surface area contributed by atoms with Crippen molar-refractivity contribution in [2.75, 3.05) is 13.7 Å². The highest BCUT2D eigenvalue weighted by molar-refractivity contribution is 6.31.